The number of aliphatic hydroxyl groups excluding tert-OH is 1. The average molecular weight is 331 g/mol. The van der Waals surface area contributed by atoms with Crippen molar-refractivity contribution in [3.8, 4) is 0 Å². The molecule has 1 heterocycles. The highest BCUT2D eigenvalue weighted by molar-refractivity contribution is 5.74. The second kappa shape index (κ2) is 8.49. The molecule has 0 radical (unpaired) electrons. The standard InChI is InChI=1S/C19H29N3O2/c23-14-18(16-8-2-1-3-9-16)21-19(24)20-17-10-11-22(13-17)12-15-6-4-5-7-15/h1-3,8-9,15,17-18,23H,4-7,10-14H2,(H2,20,21,24). The van der Waals surface area contributed by atoms with E-state index in [1.807, 2.05) is 30.3 Å². The molecule has 0 spiro atoms. The number of carbonyl (C=O) groups is 1. The van der Waals surface area contributed by atoms with Crippen LogP contribution in [-0.4, -0.2) is 48.3 Å². The lowest BCUT2D eigenvalue weighted by molar-refractivity contribution is 0.213. The molecule has 1 aliphatic heterocycles. The minimum atomic E-state index is -0.359. The summed E-state index contributed by atoms with van der Waals surface area (Å²) in [5, 5.41) is 15.5. The van der Waals surface area contributed by atoms with E-state index in [4.69, 9.17) is 0 Å². The summed E-state index contributed by atoms with van der Waals surface area (Å²) < 4.78 is 0. The van der Waals surface area contributed by atoms with E-state index < -0.39 is 0 Å². The molecule has 2 unspecified atom stereocenters. The van der Waals surface area contributed by atoms with Crippen LogP contribution in [0.3, 0.4) is 0 Å². The highest BCUT2D eigenvalue weighted by Crippen LogP contribution is 2.26. The minimum Gasteiger partial charge on any atom is -0.394 e. The number of benzene rings is 1. The first-order valence-corrected chi connectivity index (χ1v) is 9.20. The van der Waals surface area contributed by atoms with Crippen molar-refractivity contribution in [3.05, 3.63) is 35.9 Å². The smallest absolute Gasteiger partial charge is 0.315 e. The Hall–Kier alpha value is -1.59. The monoisotopic (exact) mass is 331 g/mol. The lowest BCUT2D eigenvalue weighted by atomic mass is 10.1. The van der Waals surface area contributed by atoms with Gasteiger partial charge in [-0.25, -0.2) is 4.79 Å². The van der Waals surface area contributed by atoms with Gasteiger partial charge in [0, 0.05) is 25.7 Å². The summed E-state index contributed by atoms with van der Waals surface area (Å²) in [6.07, 6.45) is 6.50. The topological polar surface area (TPSA) is 64.6 Å². The molecule has 5 heteroatoms. The van der Waals surface area contributed by atoms with Crippen molar-refractivity contribution >= 4 is 6.03 Å². The van der Waals surface area contributed by atoms with Crippen LogP contribution < -0.4 is 10.6 Å². The van der Waals surface area contributed by atoms with Gasteiger partial charge in [-0.1, -0.05) is 43.2 Å². The molecule has 2 atom stereocenters. The molecule has 3 N–H and O–H groups in total. The van der Waals surface area contributed by atoms with E-state index in [-0.39, 0.29) is 24.7 Å². The number of hydrogen-bond acceptors (Lipinski definition) is 3. The van der Waals surface area contributed by atoms with E-state index in [0.717, 1.165) is 31.0 Å². The van der Waals surface area contributed by atoms with Gasteiger partial charge in [0.05, 0.1) is 12.6 Å². The van der Waals surface area contributed by atoms with Crippen LogP contribution in [0.4, 0.5) is 4.79 Å². The lowest BCUT2D eigenvalue weighted by Crippen LogP contribution is -2.45. The van der Waals surface area contributed by atoms with Gasteiger partial charge >= 0.3 is 6.03 Å². The fourth-order valence-corrected chi connectivity index (χ4v) is 3.98. The van der Waals surface area contributed by atoms with Crippen LogP contribution in [0.15, 0.2) is 30.3 Å². The molecule has 132 valence electrons. The van der Waals surface area contributed by atoms with Gasteiger partial charge in [0.15, 0.2) is 0 Å². The maximum atomic E-state index is 12.2. The second-order valence-corrected chi connectivity index (χ2v) is 7.16. The number of hydrogen-bond donors (Lipinski definition) is 3. The quantitative estimate of drug-likeness (QED) is 0.749. The van der Waals surface area contributed by atoms with Crippen molar-refractivity contribution in [2.75, 3.05) is 26.2 Å². The van der Waals surface area contributed by atoms with Crippen LogP contribution in [0.1, 0.15) is 43.7 Å². The van der Waals surface area contributed by atoms with Gasteiger partial charge < -0.3 is 20.6 Å². The first kappa shape index (κ1) is 17.2. The van der Waals surface area contributed by atoms with Crippen LogP contribution in [0.2, 0.25) is 0 Å². The maximum absolute atomic E-state index is 12.2. The van der Waals surface area contributed by atoms with E-state index in [1.54, 1.807) is 0 Å². The van der Waals surface area contributed by atoms with Crippen molar-refractivity contribution < 1.29 is 9.90 Å². The number of nitrogens with one attached hydrogen (secondary N) is 2. The Morgan fingerprint density at radius 2 is 1.96 bits per heavy atom. The normalized spacial score (nSPS) is 23.3. The summed E-state index contributed by atoms with van der Waals surface area (Å²) in [6, 6.07) is 9.25. The zero-order valence-corrected chi connectivity index (χ0v) is 14.3. The maximum Gasteiger partial charge on any atom is 0.315 e. The van der Waals surface area contributed by atoms with Crippen LogP contribution in [0.5, 0.6) is 0 Å². The van der Waals surface area contributed by atoms with Gasteiger partial charge in [-0.2, -0.15) is 0 Å². The molecule has 0 bridgehead atoms. The lowest BCUT2D eigenvalue weighted by Gasteiger charge is -2.21. The number of nitrogens with zero attached hydrogens (tertiary/aromatic N) is 1. The summed E-state index contributed by atoms with van der Waals surface area (Å²) in [5.74, 6) is 0.856. The Balaban J connectivity index is 1.43. The number of aliphatic hydroxyl groups is 1. The highest BCUT2D eigenvalue weighted by Gasteiger charge is 2.27. The van der Waals surface area contributed by atoms with E-state index in [9.17, 15) is 9.90 Å². The van der Waals surface area contributed by atoms with E-state index in [2.05, 4.69) is 15.5 Å². The number of carbonyl (C=O) groups excluding carboxylic acids is 1. The van der Waals surface area contributed by atoms with Crippen molar-refractivity contribution in [2.24, 2.45) is 5.92 Å². The Labute approximate surface area is 144 Å². The van der Waals surface area contributed by atoms with Crippen LogP contribution in [0, 0.1) is 5.92 Å². The number of urea groups is 1. The summed E-state index contributed by atoms with van der Waals surface area (Å²) in [6.45, 7) is 3.10. The molecule has 3 rings (SSSR count). The molecule has 2 amide bonds. The van der Waals surface area contributed by atoms with Gasteiger partial charge in [-0.15, -0.1) is 0 Å². The molecule has 1 saturated heterocycles. The molecule has 1 saturated carbocycles. The van der Waals surface area contributed by atoms with Gasteiger partial charge in [0.1, 0.15) is 0 Å². The van der Waals surface area contributed by atoms with Gasteiger partial charge in [-0.3, -0.25) is 0 Å². The third-order valence-electron chi connectivity index (χ3n) is 5.29. The van der Waals surface area contributed by atoms with Crippen molar-refractivity contribution in [1.82, 2.24) is 15.5 Å². The molecular weight excluding hydrogens is 302 g/mol. The van der Waals surface area contributed by atoms with Gasteiger partial charge in [-0.05, 0) is 30.7 Å². The summed E-state index contributed by atoms with van der Waals surface area (Å²) in [5.41, 5.74) is 0.921. The number of likely N-dealkylation sites (tertiary alicyclic amines) is 1. The Morgan fingerprint density at radius 3 is 2.67 bits per heavy atom. The highest BCUT2D eigenvalue weighted by atomic mass is 16.3. The van der Waals surface area contributed by atoms with E-state index >= 15 is 0 Å². The van der Waals surface area contributed by atoms with Crippen molar-refractivity contribution in [1.29, 1.82) is 0 Å². The molecule has 0 aromatic heterocycles. The largest absolute Gasteiger partial charge is 0.394 e. The predicted octanol–water partition coefficient (Wildman–Crippen LogP) is 2.28. The fourth-order valence-electron chi connectivity index (χ4n) is 3.98. The molecule has 1 aliphatic carbocycles. The van der Waals surface area contributed by atoms with Gasteiger partial charge in [0.2, 0.25) is 0 Å². The minimum absolute atomic E-state index is 0.101. The average Bonchev–Trinajstić information content (AvgIpc) is 3.26. The van der Waals surface area contributed by atoms with Crippen LogP contribution >= 0.6 is 0 Å². The molecule has 5 nitrogen and oxygen atoms in total. The third kappa shape index (κ3) is 4.71. The van der Waals surface area contributed by atoms with E-state index in [0.29, 0.717) is 0 Å². The first-order valence-electron chi connectivity index (χ1n) is 9.20. The predicted molar refractivity (Wildman–Crippen MR) is 94.7 cm³/mol. The molecule has 1 aromatic carbocycles. The van der Waals surface area contributed by atoms with E-state index in [1.165, 1.54) is 32.2 Å². The SMILES string of the molecule is O=C(NC1CCN(CC2CCCC2)C1)NC(CO)c1ccccc1. The Morgan fingerprint density at radius 1 is 1.21 bits per heavy atom. The zero-order valence-electron chi connectivity index (χ0n) is 14.3. The molecule has 24 heavy (non-hydrogen) atoms. The number of amides is 2. The molecule has 1 aromatic rings. The van der Waals surface area contributed by atoms with Crippen molar-refractivity contribution in [3.63, 3.8) is 0 Å². The molecule has 2 fully saturated rings. The summed E-state index contributed by atoms with van der Waals surface area (Å²) >= 11 is 0. The first-order chi connectivity index (χ1) is 11.7. The van der Waals surface area contributed by atoms with Crippen LogP contribution in [0.25, 0.3) is 0 Å². The van der Waals surface area contributed by atoms with Gasteiger partial charge in [0.25, 0.3) is 0 Å². The van der Waals surface area contributed by atoms with Crippen molar-refractivity contribution in [2.45, 2.75) is 44.2 Å². The summed E-state index contributed by atoms with van der Waals surface area (Å²) in [4.78, 5) is 14.7. The fraction of sp³-hybridized carbons (Fsp3) is 0.632. The van der Waals surface area contributed by atoms with Crippen LogP contribution in [-0.2, 0) is 0 Å². The Bertz CT molecular complexity index is 517. The third-order valence-corrected chi connectivity index (χ3v) is 5.29. The molecular formula is C19H29N3O2. The molecule has 2 aliphatic rings. The summed E-state index contributed by atoms with van der Waals surface area (Å²) in [7, 11) is 0. The zero-order chi connectivity index (χ0) is 16.8. The number of rotatable bonds is 6. The second-order valence-electron chi connectivity index (χ2n) is 7.16. The Kier molecular flexibility index (Phi) is 6.10.